The van der Waals surface area contributed by atoms with E-state index in [2.05, 4.69) is 0 Å². The molecule has 15 heavy (non-hydrogen) atoms. The average Bonchev–Trinajstić information content (AvgIpc) is 2.59. The van der Waals surface area contributed by atoms with Crippen LogP contribution in [0.25, 0.3) is 0 Å². The molecule has 0 saturated heterocycles. The lowest BCUT2D eigenvalue weighted by Crippen LogP contribution is -2.21. The highest BCUT2D eigenvalue weighted by molar-refractivity contribution is 7.90. The molecule has 2 rings (SSSR count). The lowest BCUT2D eigenvalue weighted by Gasteiger charge is -2.10. The Morgan fingerprint density at radius 3 is 2.67 bits per heavy atom. The molecule has 0 spiro atoms. The van der Waals surface area contributed by atoms with Gasteiger partial charge >= 0.3 is 0 Å². The number of hydrogen-bond acceptors (Lipinski definition) is 2. The van der Waals surface area contributed by atoms with E-state index in [-0.39, 0.29) is 5.91 Å². The van der Waals surface area contributed by atoms with Crippen molar-refractivity contribution in [2.45, 2.75) is 24.9 Å². The molecule has 1 heterocycles. The third-order valence-electron chi connectivity index (χ3n) is 2.68. The van der Waals surface area contributed by atoms with Gasteiger partial charge in [-0.15, -0.1) is 0 Å². The predicted molar refractivity (Wildman–Crippen MR) is 58.7 cm³/mol. The fraction of sp³-hybridized carbons (Fsp3) is 0.364. The Bertz CT molecular complexity index is 404. The minimum atomic E-state index is -0.947. The summed E-state index contributed by atoms with van der Waals surface area (Å²) >= 11 is -0.947. The molecule has 0 aromatic heterocycles. The van der Waals surface area contributed by atoms with Crippen LogP contribution in [0, 0.1) is 0 Å². The first-order valence-electron chi connectivity index (χ1n) is 4.78. The molecule has 0 fully saturated rings. The van der Waals surface area contributed by atoms with Crippen molar-refractivity contribution in [2.24, 2.45) is 0 Å². The Morgan fingerprint density at radius 2 is 2.07 bits per heavy atom. The van der Waals surface area contributed by atoms with E-state index in [9.17, 15) is 9.35 Å². The fourth-order valence-electron chi connectivity index (χ4n) is 1.77. The standard InChI is InChI=1S/C11H13NO2S/c1-8(13)12-6-9-3-4-11(15(2)14)5-10(9)7-12/h3-5H,6-7H2,1-2H3. The quantitative estimate of drug-likeness (QED) is 0.673. The number of carbonyl (C=O) groups is 1. The molecule has 0 aliphatic carbocycles. The van der Waals surface area contributed by atoms with Crippen LogP contribution in [0.15, 0.2) is 23.1 Å². The van der Waals surface area contributed by atoms with Gasteiger partial charge in [-0.2, -0.15) is 0 Å². The monoisotopic (exact) mass is 223 g/mol. The Labute approximate surface area is 92.3 Å². The number of fused-ring (bicyclic) bond motifs is 1. The van der Waals surface area contributed by atoms with Gasteiger partial charge in [-0.25, -0.2) is 0 Å². The van der Waals surface area contributed by atoms with Gasteiger partial charge in [0.1, 0.15) is 6.26 Å². The third kappa shape index (κ3) is 2.01. The van der Waals surface area contributed by atoms with Crippen molar-refractivity contribution in [2.75, 3.05) is 6.26 Å². The second-order valence-electron chi connectivity index (χ2n) is 3.76. The van der Waals surface area contributed by atoms with Gasteiger partial charge in [-0.1, -0.05) is 6.07 Å². The van der Waals surface area contributed by atoms with Crippen LogP contribution in [0.3, 0.4) is 0 Å². The molecule has 80 valence electrons. The smallest absolute Gasteiger partial charge is 0.220 e. The highest BCUT2D eigenvalue weighted by Gasteiger charge is 2.22. The van der Waals surface area contributed by atoms with Crippen LogP contribution in [0.1, 0.15) is 18.1 Å². The fourth-order valence-corrected chi connectivity index (χ4v) is 2.34. The number of carbonyl (C=O) groups excluding carboxylic acids is 1. The molecule has 1 atom stereocenters. The average molecular weight is 223 g/mol. The number of benzene rings is 1. The van der Waals surface area contributed by atoms with Gasteiger partial charge in [-0.05, 0) is 34.4 Å². The van der Waals surface area contributed by atoms with Crippen LogP contribution >= 0.6 is 0 Å². The summed E-state index contributed by atoms with van der Waals surface area (Å²) in [6, 6.07) is 5.78. The molecule has 0 radical (unpaired) electrons. The van der Waals surface area contributed by atoms with E-state index < -0.39 is 11.2 Å². The summed E-state index contributed by atoms with van der Waals surface area (Å²) in [5.74, 6) is 0.0883. The van der Waals surface area contributed by atoms with Gasteiger partial charge in [-0.3, -0.25) is 4.79 Å². The molecule has 1 aromatic rings. The normalized spacial score (nSPS) is 16.3. The summed E-state index contributed by atoms with van der Waals surface area (Å²) in [5.41, 5.74) is 2.29. The number of hydrogen-bond donors (Lipinski definition) is 0. The zero-order valence-electron chi connectivity index (χ0n) is 8.82. The number of nitrogens with zero attached hydrogens (tertiary/aromatic N) is 1. The van der Waals surface area contributed by atoms with Gasteiger partial charge in [0.15, 0.2) is 4.90 Å². The molecule has 1 unspecified atom stereocenters. The molecule has 1 aromatic carbocycles. The number of amides is 1. The summed E-state index contributed by atoms with van der Waals surface area (Å²) in [6.45, 7) is 2.90. The van der Waals surface area contributed by atoms with Crippen LogP contribution in [0.2, 0.25) is 0 Å². The minimum Gasteiger partial charge on any atom is -0.612 e. The first kappa shape index (κ1) is 10.5. The van der Waals surface area contributed by atoms with Crippen molar-refractivity contribution in [1.82, 2.24) is 4.90 Å². The first-order chi connectivity index (χ1) is 7.08. The molecule has 3 nitrogen and oxygen atoms in total. The van der Waals surface area contributed by atoms with Crippen LogP contribution in [0.4, 0.5) is 0 Å². The maximum Gasteiger partial charge on any atom is 0.220 e. The molecule has 0 saturated carbocycles. The second-order valence-corrected chi connectivity index (χ2v) is 5.14. The van der Waals surface area contributed by atoms with Crippen molar-refractivity contribution in [3.8, 4) is 0 Å². The van der Waals surface area contributed by atoms with E-state index in [0.29, 0.717) is 13.1 Å². The van der Waals surface area contributed by atoms with Crippen LogP contribution < -0.4 is 0 Å². The van der Waals surface area contributed by atoms with E-state index in [0.717, 1.165) is 10.5 Å². The van der Waals surface area contributed by atoms with Crippen molar-refractivity contribution in [3.63, 3.8) is 0 Å². The molecule has 1 amide bonds. The minimum absolute atomic E-state index is 0.0883. The van der Waals surface area contributed by atoms with Crippen LogP contribution in [0.5, 0.6) is 0 Å². The second kappa shape index (κ2) is 3.87. The summed E-state index contributed by atoms with van der Waals surface area (Å²) in [5, 5.41) is 0. The Balaban J connectivity index is 2.27. The summed E-state index contributed by atoms with van der Waals surface area (Å²) in [4.78, 5) is 13.8. The summed E-state index contributed by atoms with van der Waals surface area (Å²) in [6.07, 6.45) is 1.67. The van der Waals surface area contributed by atoms with Crippen molar-refractivity contribution in [3.05, 3.63) is 29.3 Å². The van der Waals surface area contributed by atoms with E-state index in [4.69, 9.17) is 0 Å². The zero-order chi connectivity index (χ0) is 11.0. The van der Waals surface area contributed by atoms with E-state index in [1.165, 1.54) is 5.56 Å². The van der Waals surface area contributed by atoms with Crippen molar-refractivity contribution in [1.29, 1.82) is 0 Å². The van der Waals surface area contributed by atoms with E-state index in [1.807, 2.05) is 18.2 Å². The highest BCUT2D eigenvalue weighted by Crippen LogP contribution is 2.25. The van der Waals surface area contributed by atoms with Gasteiger partial charge in [0.2, 0.25) is 5.91 Å². The largest absolute Gasteiger partial charge is 0.612 e. The van der Waals surface area contributed by atoms with Crippen LogP contribution in [-0.4, -0.2) is 21.6 Å². The Kier molecular flexibility index (Phi) is 2.71. The SMILES string of the molecule is CC(=O)N1Cc2ccc([S+](C)[O-])cc2C1. The molecule has 1 aliphatic rings. The lowest BCUT2D eigenvalue weighted by molar-refractivity contribution is -0.129. The maximum absolute atomic E-state index is 11.3. The molecule has 4 heteroatoms. The Hall–Kier alpha value is -1.00. The first-order valence-corrected chi connectivity index (χ1v) is 6.34. The summed E-state index contributed by atoms with van der Waals surface area (Å²) < 4.78 is 11.3. The number of rotatable bonds is 1. The molecule has 0 N–H and O–H groups in total. The molecule has 0 bridgehead atoms. The van der Waals surface area contributed by atoms with Crippen molar-refractivity contribution < 1.29 is 9.35 Å². The van der Waals surface area contributed by atoms with Gasteiger partial charge in [0.05, 0.1) is 0 Å². The van der Waals surface area contributed by atoms with Crippen LogP contribution in [-0.2, 0) is 29.1 Å². The topological polar surface area (TPSA) is 43.4 Å². The lowest BCUT2D eigenvalue weighted by atomic mass is 10.1. The maximum atomic E-state index is 11.3. The predicted octanol–water partition coefficient (Wildman–Crippen LogP) is 1.29. The molecule has 1 aliphatic heterocycles. The zero-order valence-corrected chi connectivity index (χ0v) is 9.63. The van der Waals surface area contributed by atoms with Gasteiger partial charge < -0.3 is 9.45 Å². The highest BCUT2D eigenvalue weighted by atomic mass is 32.2. The van der Waals surface area contributed by atoms with Gasteiger partial charge in [0.25, 0.3) is 0 Å². The summed E-state index contributed by atoms with van der Waals surface area (Å²) in [7, 11) is 0. The van der Waals surface area contributed by atoms with Crippen molar-refractivity contribution >= 4 is 17.1 Å². The Morgan fingerprint density at radius 1 is 1.40 bits per heavy atom. The molecular formula is C11H13NO2S. The third-order valence-corrected chi connectivity index (χ3v) is 3.60. The van der Waals surface area contributed by atoms with E-state index >= 15 is 0 Å². The van der Waals surface area contributed by atoms with Gasteiger partial charge in [0, 0.05) is 20.0 Å². The molecular weight excluding hydrogens is 210 g/mol. The van der Waals surface area contributed by atoms with E-state index in [1.54, 1.807) is 18.1 Å².